The Balaban J connectivity index is 1.89. The summed E-state index contributed by atoms with van der Waals surface area (Å²) in [6.07, 6.45) is -0.338. The summed E-state index contributed by atoms with van der Waals surface area (Å²) in [5, 5.41) is 18.9. The number of fused-ring (bicyclic) bond motifs is 1. The number of aliphatic hydroxyl groups excluding tert-OH is 1. The first-order valence-electron chi connectivity index (χ1n) is 10.6. The van der Waals surface area contributed by atoms with E-state index in [4.69, 9.17) is 4.74 Å². The SMILES string of the molecule is C[C@H](CO)N1C[C@H](C)[C@@H](CN(C)Cc2cccc(C(=O)O)c2)Oc2cc(Br)ccc2S1(=O)=O. The molecule has 3 rings (SSSR count). The molecule has 8 nitrogen and oxygen atoms in total. The average molecular weight is 541 g/mol. The first-order chi connectivity index (χ1) is 15.5. The molecule has 2 aromatic rings. The zero-order valence-corrected chi connectivity index (χ0v) is 21.2. The van der Waals surface area contributed by atoms with E-state index in [1.54, 1.807) is 37.3 Å². The average Bonchev–Trinajstić information content (AvgIpc) is 2.75. The highest BCUT2D eigenvalue weighted by molar-refractivity contribution is 9.10. The first kappa shape index (κ1) is 25.6. The minimum Gasteiger partial charge on any atom is -0.487 e. The molecule has 1 heterocycles. The third kappa shape index (κ3) is 5.93. The zero-order valence-electron chi connectivity index (χ0n) is 18.8. The summed E-state index contributed by atoms with van der Waals surface area (Å²) < 4.78 is 35.0. The van der Waals surface area contributed by atoms with Crippen LogP contribution >= 0.6 is 15.9 Å². The summed E-state index contributed by atoms with van der Waals surface area (Å²) in [6.45, 7) is 4.52. The molecular weight excluding hydrogens is 512 g/mol. The van der Waals surface area contributed by atoms with E-state index >= 15 is 0 Å². The molecule has 0 aromatic heterocycles. The quantitative estimate of drug-likeness (QED) is 0.555. The third-order valence-electron chi connectivity index (χ3n) is 5.75. The molecule has 180 valence electrons. The van der Waals surface area contributed by atoms with Gasteiger partial charge in [0.25, 0.3) is 0 Å². The minimum atomic E-state index is -3.86. The van der Waals surface area contributed by atoms with Gasteiger partial charge < -0.3 is 14.9 Å². The Labute approximate surface area is 203 Å². The third-order valence-corrected chi connectivity index (χ3v) is 8.26. The van der Waals surface area contributed by atoms with Crippen molar-refractivity contribution in [1.82, 2.24) is 9.21 Å². The molecule has 3 atom stereocenters. The molecule has 0 saturated carbocycles. The lowest BCUT2D eigenvalue weighted by Gasteiger charge is -2.37. The van der Waals surface area contributed by atoms with E-state index in [2.05, 4.69) is 15.9 Å². The number of benzene rings is 2. The number of carbonyl (C=O) groups is 1. The Morgan fingerprint density at radius 1 is 1.30 bits per heavy atom. The topological polar surface area (TPSA) is 107 Å². The molecule has 1 aliphatic rings. The number of rotatable bonds is 7. The number of sulfonamides is 1. The van der Waals surface area contributed by atoms with Crippen LogP contribution in [0.15, 0.2) is 51.8 Å². The fourth-order valence-corrected chi connectivity index (χ4v) is 6.07. The Bertz CT molecular complexity index is 1110. The molecule has 0 saturated heterocycles. The van der Waals surface area contributed by atoms with Crippen LogP contribution in [0, 0.1) is 5.92 Å². The molecule has 0 fully saturated rings. The lowest BCUT2D eigenvalue weighted by molar-refractivity contribution is 0.0693. The van der Waals surface area contributed by atoms with Crippen molar-refractivity contribution in [3.63, 3.8) is 0 Å². The zero-order chi connectivity index (χ0) is 24.3. The summed E-state index contributed by atoms with van der Waals surface area (Å²) in [5.74, 6) is -0.885. The van der Waals surface area contributed by atoms with Crippen molar-refractivity contribution in [3.05, 3.63) is 58.1 Å². The van der Waals surface area contributed by atoms with Gasteiger partial charge in [-0.1, -0.05) is 35.0 Å². The van der Waals surface area contributed by atoms with Gasteiger partial charge in [-0.3, -0.25) is 4.90 Å². The van der Waals surface area contributed by atoms with Gasteiger partial charge in [0.1, 0.15) is 16.7 Å². The maximum atomic E-state index is 13.4. The van der Waals surface area contributed by atoms with Crippen LogP contribution in [0.2, 0.25) is 0 Å². The van der Waals surface area contributed by atoms with Crippen LogP contribution < -0.4 is 4.74 Å². The van der Waals surface area contributed by atoms with Gasteiger partial charge in [-0.25, -0.2) is 13.2 Å². The summed E-state index contributed by atoms with van der Waals surface area (Å²) in [7, 11) is -1.95. The normalized spacial score (nSPS) is 21.5. The highest BCUT2D eigenvalue weighted by Crippen LogP contribution is 2.35. The lowest BCUT2D eigenvalue weighted by Crippen LogP contribution is -2.49. The number of aromatic carboxylic acids is 1. The maximum absolute atomic E-state index is 13.4. The second-order valence-electron chi connectivity index (χ2n) is 8.53. The number of nitrogens with zero attached hydrogens (tertiary/aromatic N) is 2. The molecule has 10 heteroatoms. The van der Waals surface area contributed by atoms with Gasteiger partial charge in [-0.2, -0.15) is 4.31 Å². The van der Waals surface area contributed by atoms with E-state index in [1.807, 2.05) is 24.9 Å². The molecule has 0 spiro atoms. The van der Waals surface area contributed by atoms with Gasteiger partial charge in [0.15, 0.2) is 0 Å². The van der Waals surface area contributed by atoms with Crippen molar-refractivity contribution in [1.29, 1.82) is 0 Å². The summed E-state index contributed by atoms with van der Waals surface area (Å²) >= 11 is 3.39. The Morgan fingerprint density at radius 3 is 2.70 bits per heavy atom. The number of carboxylic acids is 1. The standard InChI is InChI=1S/C23H29BrN2O6S/c1-15-11-26(16(2)14-27)33(30,31)22-8-7-19(24)10-20(22)32-21(15)13-25(3)12-17-5-4-6-18(9-17)23(28)29/h4-10,15-16,21,27H,11-14H2,1-3H3,(H,28,29)/t15-,16+,21+/m0/s1. The van der Waals surface area contributed by atoms with Gasteiger partial charge in [0.05, 0.1) is 12.2 Å². The van der Waals surface area contributed by atoms with Gasteiger partial charge in [-0.15, -0.1) is 0 Å². The fourth-order valence-electron chi connectivity index (χ4n) is 3.90. The summed E-state index contributed by atoms with van der Waals surface area (Å²) in [6, 6.07) is 11.0. The maximum Gasteiger partial charge on any atom is 0.335 e. The molecule has 0 amide bonds. The summed E-state index contributed by atoms with van der Waals surface area (Å²) in [4.78, 5) is 13.4. The van der Waals surface area contributed by atoms with Gasteiger partial charge in [0, 0.05) is 36.1 Å². The number of ether oxygens (including phenoxy) is 1. The van der Waals surface area contributed by atoms with E-state index in [-0.39, 0.29) is 41.4 Å². The van der Waals surface area contributed by atoms with E-state index in [0.29, 0.717) is 17.6 Å². The van der Waals surface area contributed by atoms with Crippen molar-refractivity contribution >= 4 is 31.9 Å². The number of carboxylic acid groups (broad SMARTS) is 1. The summed E-state index contributed by atoms with van der Waals surface area (Å²) in [5.41, 5.74) is 1.09. The smallest absolute Gasteiger partial charge is 0.335 e. The van der Waals surface area contributed by atoms with Crippen molar-refractivity contribution in [2.75, 3.05) is 26.7 Å². The Hall–Kier alpha value is -1.98. The van der Waals surface area contributed by atoms with Crippen LogP contribution in [0.5, 0.6) is 5.75 Å². The number of aliphatic hydroxyl groups is 1. The predicted molar refractivity (Wildman–Crippen MR) is 128 cm³/mol. The number of halogens is 1. The molecule has 33 heavy (non-hydrogen) atoms. The Kier molecular flexibility index (Phi) is 8.17. The van der Waals surface area contributed by atoms with Gasteiger partial charge >= 0.3 is 5.97 Å². The highest BCUT2D eigenvalue weighted by atomic mass is 79.9. The van der Waals surface area contributed by atoms with Crippen LogP contribution in [0.25, 0.3) is 0 Å². The molecule has 0 bridgehead atoms. The van der Waals surface area contributed by atoms with E-state index < -0.39 is 22.0 Å². The van der Waals surface area contributed by atoms with E-state index in [0.717, 1.165) is 5.56 Å². The number of likely N-dealkylation sites (N-methyl/N-ethyl adjacent to an activating group) is 1. The monoisotopic (exact) mass is 540 g/mol. The molecule has 0 unspecified atom stereocenters. The minimum absolute atomic E-state index is 0.0692. The van der Waals surface area contributed by atoms with Crippen LogP contribution in [0.4, 0.5) is 0 Å². The molecule has 2 aromatic carbocycles. The van der Waals surface area contributed by atoms with Crippen molar-refractivity contribution in [2.45, 2.75) is 37.4 Å². The van der Waals surface area contributed by atoms with Crippen molar-refractivity contribution in [2.24, 2.45) is 5.92 Å². The molecule has 0 radical (unpaired) electrons. The van der Waals surface area contributed by atoms with Crippen LogP contribution in [-0.2, 0) is 16.6 Å². The van der Waals surface area contributed by atoms with Crippen LogP contribution in [0.3, 0.4) is 0 Å². The molecular formula is C23H29BrN2O6S. The first-order valence-corrected chi connectivity index (χ1v) is 12.9. The van der Waals surface area contributed by atoms with Gasteiger partial charge in [-0.05, 0) is 49.9 Å². The number of hydrogen-bond donors (Lipinski definition) is 2. The second kappa shape index (κ2) is 10.5. The molecule has 0 aliphatic carbocycles. The molecule has 2 N–H and O–H groups in total. The van der Waals surface area contributed by atoms with Gasteiger partial charge in [0.2, 0.25) is 10.0 Å². The number of hydrogen-bond acceptors (Lipinski definition) is 6. The van der Waals surface area contributed by atoms with E-state index in [1.165, 1.54) is 10.4 Å². The van der Waals surface area contributed by atoms with Crippen molar-refractivity contribution < 1.29 is 28.2 Å². The Morgan fingerprint density at radius 2 is 2.03 bits per heavy atom. The van der Waals surface area contributed by atoms with Crippen LogP contribution in [-0.4, -0.2) is 72.7 Å². The predicted octanol–water partition coefficient (Wildman–Crippen LogP) is 3.05. The molecule has 1 aliphatic heterocycles. The lowest BCUT2D eigenvalue weighted by atomic mass is 10.0. The largest absolute Gasteiger partial charge is 0.487 e. The highest BCUT2D eigenvalue weighted by Gasteiger charge is 2.38. The van der Waals surface area contributed by atoms with Crippen LogP contribution in [0.1, 0.15) is 29.8 Å². The fraction of sp³-hybridized carbons (Fsp3) is 0.435. The van der Waals surface area contributed by atoms with Crippen molar-refractivity contribution in [3.8, 4) is 5.75 Å². The second-order valence-corrected chi connectivity index (χ2v) is 11.3. The van der Waals surface area contributed by atoms with E-state index in [9.17, 15) is 23.4 Å².